The summed E-state index contributed by atoms with van der Waals surface area (Å²) in [5.74, 6) is 0. The van der Waals surface area contributed by atoms with Crippen molar-refractivity contribution in [3.63, 3.8) is 0 Å². The van der Waals surface area contributed by atoms with Crippen molar-refractivity contribution in [1.82, 2.24) is 0 Å². The van der Waals surface area contributed by atoms with Crippen LogP contribution < -0.4 is 0 Å². The molecule has 1 atom stereocenters. The minimum Gasteiger partial charge on any atom is -0.388 e. The van der Waals surface area contributed by atoms with Gasteiger partial charge in [-0.3, -0.25) is 0 Å². The zero-order valence-corrected chi connectivity index (χ0v) is 8.35. The summed E-state index contributed by atoms with van der Waals surface area (Å²) >= 11 is 3.28. The van der Waals surface area contributed by atoms with Gasteiger partial charge in [-0.2, -0.15) is 0 Å². The van der Waals surface area contributed by atoms with Gasteiger partial charge < -0.3 is 5.11 Å². The lowest BCUT2D eigenvalue weighted by molar-refractivity contribution is 0.186. The fraction of sp³-hybridized carbons (Fsp3) is 0.250. The summed E-state index contributed by atoms with van der Waals surface area (Å²) in [6.45, 7) is 0.0625. The first kappa shape index (κ1) is 10.1. The summed E-state index contributed by atoms with van der Waals surface area (Å²) in [7, 11) is 0. The summed E-state index contributed by atoms with van der Waals surface area (Å²) < 4.78 is 0.894. The highest BCUT2D eigenvalue weighted by atomic mass is 79.9. The standard InChI is InChI=1S/C8H8BrN3O/c9-7-3-1-2-6(4-7)8(13)5-11-12-10/h1-4,8,13H,5H2/t8-/m1/s1. The van der Waals surface area contributed by atoms with Gasteiger partial charge in [-0.15, -0.1) is 0 Å². The Labute approximate surface area is 84.0 Å². The van der Waals surface area contributed by atoms with Crippen LogP contribution >= 0.6 is 15.9 Å². The summed E-state index contributed by atoms with van der Waals surface area (Å²) in [6, 6.07) is 7.25. The lowest BCUT2D eigenvalue weighted by Crippen LogP contribution is -2.00. The van der Waals surface area contributed by atoms with E-state index in [2.05, 4.69) is 26.0 Å². The molecule has 5 heteroatoms. The van der Waals surface area contributed by atoms with Crippen LogP contribution in [0.15, 0.2) is 33.9 Å². The van der Waals surface area contributed by atoms with Crippen molar-refractivity contribution in [3.05, 3.63) is 44.7 Å². The third-order valence-corrected chi connectivity index (χ3v) is 2.04. The van der Waals surface area contributed by atoms with Crippen LogP contribution in [0.3, 0.4) is 0 Å². The van der Waals surface area contributed by atoms with Crippen LogP contribution in [0.4, 0.5) is 0 Å². The predicted molar refractivity (Wildman–Crippen MR) is 53.1 cm³/mol. The van der Waals surface area contributed by atoms with Crippen molar-refractivity contribution in [2.24, 2.45) is 5.11 Å². The Morgan fingerprint density at radius 2 is 2.38 bits per heavy atom. The zero-order chi connectivity index (χ0) is 9.68. The largest absolute Gasteiger partial charge is 0.388 e. The molecule has 0 spiro atoms. The van der Waals surface area contributed by atoms with Gasteiger partial charge in [0.15, 0.2) is 0 Å². The van der Waals surface area contributed by atoms with Crippen LogP contribution in [-0.2, 0) is 0 Å². The van der Waals surface area contributed by atoms with Crippen LogP contribution in [-0.4, -0.2) is 11.7 Å². The molecular weight excluding hydrogens is 234 g/mol. The fourth-order valence-electron chi connectivity index (χ4n) is 0.933. The molecule has 0 amide bonds. The van der Waals surface area contributed by atoms with E-state index < -0.39 is 6.10 Å². The lowest BCUT2D eigenvalue weighted by atomic mass is 10.1. The van der Waals surface area contributed by atoms with Gasteiger partial charge in [0.25, 0.3) is 0 Å². The average molecular weight is 242 g/mol. The molecule has 0 aliphatic heterocycles. The van der Waals surface area contributed by atoms with Crippen LogP contribution in [0.1, 0.15) is 11.7 Å². The topological polar surface area (TPSA) is 69.0 Å². The van der Waals surface area contributed by atoms with Gasteiger partial charge in [0, 0.05) is 9.38 Å². The number of rotatable bonds is 3. The van der Waals surface area contributed by atoms with E-state index in [9.17, 15) is 5.11 Å². The third kappa shape index (κ3) is 3.06. The SMILES string of the molecule is [N-]=[N+]=NC[C@@H](O)c1cccc(Br)c1. The molecule has 0 bridgehead atoms. The number of aliphatic hydroxyl groups is 1. The summed E-state index contributed by atoms with van der Waals surface area (Å²) in [5.41, 5.74) is 8.79. The Morgan fingerprint density at radius 1 is 1.62 bits per heavy atom. The Morgan fingerprint density at radius 3 is 3.00 bits per heavy atom. The summed E-state index contributed by atoms with van der Waals surface area (Å²) in [6.07, 6.45) is -0.728. The summed E-state index contributed by atoms with van der Waals surface area (Å²) in [4.78, 5) is 2.58. The molecule has 68 valence electrons. The van der Waals surface area contributed by atoms with Gasteiger partial charge in [0.1, 0.15) is 0 Å². The molecule has 0 heterocycles. The van der Waals surface area contributed by atoms with E-state index in [1.807, 2.05) is 12.1 Å². The summed E-state index contributed by atoms with van der Waals surface area (Å²) in [5, 5.41) is 12.8. The van der Waals surface area contributed by atoms with E-state index >= 15 is 0 Å². The highest BCUT2D eigenvalue weighted by Crippen LogP contribution is 2.18. The molecule has 1 aromatic carbocycles. The molecule has 1 N–H and O–H groups in total. The Bertz CT molecular complexity index is 336. The Balaban J connectivity index is 2.76. The third-order valence-electron chi connectivity index (χ3n) is 1.55. The molecule has 0 fully saturated rings. The molecule has 13 heavy (non-hydrogen) atoms. The maximum atomic E-state index is 9.49. The molecule has 4 nitrogen and oxygen atoms in total. The molecular formula is C8H8BrN3O. The van der Waals surface area contributed by atoms with Crippen molar-refractivity contribution < 1.29 is 5.11 Å². The van der Waals surface area contributed by atoms with Crippen molar-refractivity contribution in [1.29, 1.82) is 0 Å². The number of hydrogen-bond acceptors (Lipinski definition) is 2. The second kappa shape index (κ2) is 4.87. The molecule has 0 aromatic heterocycles. The van der Waals surface area contributed by atoms with Gasteiger partial charge in [0.2, 0.25) is 0 Å². The fourth-order valence-corrected chi connectivity index (χ4v) is 1.35. The van der Waals surface area contributed by atoms with Crippen molar-refractivity contribution in [3.8, 4) is 0 Å². The number of azide groups is 1. The Hall–Kier alpha value is -1.03. The maximum Gasteiger partial charge on any atom is 0.0846 e. The highest BCUT2D eigenvalue weighted by molar-refractivity contribution is 9.10. The van der Waals surface area contributed by atoms with Crippen LogP contribution in [0.2, 0.25) is 0 Å². The molecule has 0 unspecified atom stereocenters. The average Bonchev–Trinajstić information content (AvgIpc) is 2.14. The first-order valence-electron chi connectivity index (χ1n) is 3.68. The van der Waals surface area contributed by atoms with E-state index in [-0.39, 0.29) is 6.54 Å². The minimum absolute atomic E-state index is 0.0625. The lowest BCUT2D eigenvalue weighted by Gasteiger charge is -2.07. The van der Waals surface area contributed by atoms with E-state index in [0.717, 1.165) is 10.0 Å². The predicted octanol–water partition coefficient (Wildman–Crippen LogP) is 2.79. The Kier molecular flexibility index (Phi) is 3.76. The van der Waals surface area contributed by atoms with Crippen molar-refractivity contribution in [2.45, 2.75) is 6.10 Å². The number of aliphatic hydroxyl groups excluding tert-OH is 1. The van der Waals surface area contributed by atoms with Gasteiger partial charge in [-0.05, 0) is 23.2 Å². The maximum absolute atomic E-state index is 9.49. The smallest absolute Gasteiger partial charge is 0.0846 e. The molecule has 0 aliphatic carbocycles. The molecule has 0 aliphatic rings. The first-order valence-corrected chi connectivity index (χ1v) is 4.47. The normalized spacial score (nSPS) is 11.8. The molecule has 1 rings (SSSR count). The monoisotopic (exact) mass is 241 g/mol. The van der Waals surface area contributed by atoms with E-state index in [1.54, 1.807) is 12.1 Å². The molecule has 1 aromatic rings. The number of halogens is 1. The number of benzene rings is 1. The van der Waals surface area contributed by atoms with Gasteiger partial charge in [-0.1, -0.05) is 33.2 Å². The number of nitrogens with zero attached hydrogens (tertiary/aromatic N) is 3. The first-order chi connectivity index (χ1) is 6.24. The number of hydrogen-bond donors (Lipinski definition) is 1. The van der Waals surface area contributed by atoms with E-state index in [0.29, 0.717) is 0 Å². The van der Waals surface area contributed by atoms with Gasteiger partial charge in [0.05, 0.1) is 12.6 Å². The van der Waals surface area contributed by atoms with Crippen molar-refractivity contribution in [2.75, 3.05) is 6.54 Å². The molecule has 0 saturated heterocycles. The minimum atomic E-state index is -0.728. The van der Waals surface area contributed by atoms with Crippen LogP contribution in [0.5, 0.6) is 0 Å². The quantitative estimate of drug-likeness (QED) is 0.494. The molecule has 0 saturated carbocycles. The zero-order valence-electron chi connectivity index (χ0n) is 6.76. The highest BCUT2D eigenvalue weighted by Gasteiger charge is 2.05. The molecule has 0 radical (unpaired) electrons. The van der Waals surface area contributed by atoms with Crippen molar-refractivity contribution >= 4 is 15.9 Å². The van der Waals surface area contributed by atoms with Gasteiger partial charge in [-0.25, -0.2) is 0 Å². The van der Waals surface area contributed by atoms with Crippen LogP contribution in [0.25, 0.3) is 10.4 Å². The second-order valence-electron chi connectivity index (χ2n) is 2.48. The van der Waals surface area contributed by atoms with Gasteiger partial charge >= 0.3 is 0 Å². The second-order valence-corrected chi connectivity index (χ2v) is 3.40. The van der Waals surface area contributed by atoms with E-state index in [1.165, 1.54) is 0 Å². The van der Waals surface area contributed by atoms with E-state index in [4.69, 9.17) is 5.53 Å². The van der Waals surface area contributed by atoms with Crippen LogP contribution in [0, 0.1) is 0 Å².